The zero-order chi connectivity index (χ0) is 74.8. The number of aromatic nitrogens is 3. The number of rotatable bonds is 38. The maximum Gasteiger partial charge on any atom is 0.326 e. The van der Waals surface area contributed by atoms with Gasteiger partial charge in [-0.25, -0.2) is 9.48 Å². The number of aliphatic carboxylic acids is 2. The molecule has 1 aromatic heterocycles. The Kier molecular flexibility index (Phi) is 28.5. The van der Waals surface area contributed by atoms with Crippen LogP contribution in [0.3, 0.4) is 0 Å². The Labute approximate surface area is 591 Å². The Morgan fingerprint density at radius 2 is 1.01 bits per heavy atom. The van der Waals surface area contributed by atoms with Crippen LogP contribution in [0.5, 0.6) is 0 Å². The van der Waals surface area contributed by atoms with Crippen molar-refractivity contribution >= 4 is 77.2 Å². The van der Waals surface area contributed by atoms with Crippen LogP contribution < -0.4 is 83.9 Å². The molecular formula is C67H115N23O11. The van der Waals surface area contributed by atoms with Gasteiger partial charge in [-0.15, -0.1) is 5.10 Å². The number of nitrogens with two attached hydrogens (primary N) is 10. The second-order valence-electron chi connectivity index (χ2n) is 29.8. The van der Waals surface area contributed by atoms with Gasteiger partial charge in [0.25, 0.3) is 0 Å². The van der Waals surface area contributed by atoms with E-state index >= 15 is 0 Å². The van der Waals surface area contributed by atoms with E-state index in [9.17, 15) is 48.6 Å². The van der Waals surface area contributed by atoms with E-state index in [1.165, 1.54) is 10.9 Å². The molecular weight excluding hydrogens is 1300 g/mol. The zero-order valence-corrected chi connectivity index (χ0v) is 59.9. The van der Waals surface area contributed by atoms with Crippen LogP contribution in [0.15, 0.2) is 43.3 Å². The highest BCUT2D eigenvalue weighted by atomic mass is 16.5. The lowest BCUT2D eigenvalue weighted by Gasteiger charge is -2.72. The van der Waals surface area contributed by atoms with Crippen LogP contribution in [0.2, 0.25) is 0 Å². The van der Waals surface area contributed by atoms with E-state index < -0.39 is 83.6 Å². The number of carbonyl (C=O) groups is 8. The van der Waals surface area contributed by atoms with Crippen LogP contribution >= 0.6 is 0 Å². The van der Waals surface area contributed by atoms with Gasteiger partial charge in [-0.05, 0) is 181 Å². The van der Waals surface area contributed by atoms with Crippen LogP contribution in [0.1, 0.15) is 182 Å². The molecule has 27 N–H and O–H groups in total. The Bertz CT molecular complexity index is 3260. The van der Waals surface area contributed by atoms with Gasteiger partial charge in [-0.1, -0.05) is 52.0 Å². The molecule has 0 unspecified atom stereocenters. The maximum absolute atomic E-state index is 14.6. The molecule has 0 aliphatic heterocycles. The fraction of sp³-hybridized carbons (Fsp3) is 0.746. The third-order valence-electron chi connectivity index (χ3n) is 23.1. The van der Waals surface area contributed by atoms with Crippen molar-refractivity contribution < 1.29 is 53.3 Å². The summed E-state index contributed by atoms with van der Waals surface area (Å²) in [5.41, 5.74) is 55.9. The Hall–Kier alpha value is -9.01. The van der Waals surface area contributed by atoms with E-state index in [2.05, 4.69) is 110 Å². The van der Waals surface area contributed by atoms with Gasteiger partial charge >= 0.3 is 17.9 Å². The van der Waals surface area contributed by atoms with E-state index in [4.69, 9.17) is 62.1 Å². The number of carboxylic acid groups (broad SMARTS) is 2. The predicted molar refractivity (Wildman–Crippen MR) is 382 cm³/mol. The Morgan fingerprint density at radius 3 is 1.45 bits per heavy atom. The van der Waals surface area contributed by atoms with Gasteiger partial charge in [0.1, 0.15) is 42.9 Å². The molecule has 564 valence electrons. The number of hydrogen-bond donors (Lipinski definition) is 17. The van der Waals surface area contributed by atoms with Gasteiger partial charge in [-0.2, -0.15) is 0 Å². The van der Waals surface area contributed by atoms with E-state index in [0.29, 0.717) is 29.9 Å². The van der Waals surface area contributed by atoms with Crippen molar-refractivity contribution in [2.24, 2.45) is 139 Å². The Balaban J connectivity index is 1.11. The van der Waals surface area contributed by atoms with Crippen LogP contribution in [-0.4, -0.2) is 171 Å². The number of fused-ring (bicyclic) bond motifs is 7. The molecule has 0 bridgehead atoms. The molecule has 34 heteroatoms. The fourth-order valence-corrected chi connectivity index (χ4v) is 18.0. The molecule has 6 rings (SSSR count). The van der Waals surface area contributed by atoms with Crippen molar-refractivity contribution in [3.8, 4) is 0 Å². The highest BCUT2D eigenvalue weighted by molar-refractivity contribution is 5.96. The number of amides is 5. The topological polar surface area (TPSA) is 599 Å². The van der Waals surface area contributed by atoms with E-state index in [1.54, 1.807) is 0 Å². The monoisotopic (exact) mass is 1420 g/mol. The Morgan fingerprint density at radius 1 is 0.564 bits per heavy atom. The normalized spacial score (nSPS) is 26.7. The lowest BCUT2D eigenvalue weighted by molar-refractivity contribution is -0.250. The van der Waals surface area contributed by atoms with E-state index in [0.717, 1.165) is 63.4 Å². The predicted octanol–water partition coefficient (Wildman–Crippen LogP) is -0.359. The number of carboxylic acids is 2. The van der Waals surface area contributed by atoms with Gasteiger partial charge in [0.05, 0.1) is 17.5 Å². The molecule has 0 spiro atoms. The number of nitrogens with zero attached hydrogens (tertiary/aromatic N) is 8. The summed E-state index contributed by atoms with van der Waals surface area (Å²) in [5.74, 6) is -6.26. The molecule has 0 saturated heterocycles. The highest BCUT2D eigenvalue weighted by Crippen LogP contribution is 2.77. The summed E-state index contributed by atoms with van der Waals surface area (Å²) in [6.45, 7) is 18.3. The lowest BCUT2D eigenvalue weighted by Crippen LogP contribution is -2.67. The highest BCUT2D eigenvalue weighted by Gasteiger charge is 2.72. The van der Waals surface area contributed by atoms with Crippen molar-refractivity contribution in [2.45, 2.75) is 226 Å². The van der Waals surface area contributed by atoms with E-state index in [-0.39, 0.29) is 185 Å². The molecule has 0 aromatic carbocycles. The molecule has 5 saturated carbocycles. The number of nitrogens with one attached hydrogen (secondary N) is 5. The van der Waals surface area contributed by atoms with Crippen molar-refractivity contribution in [1.82, 2.24) is 41.6 Å². The zero-order valence-electron chi connectivity index (χ0n) is 59.9. The van der Waals surface area contributed by atoms with Crippen molar-refractivity contribution in [1.29, 1.82) is 0 Å². The molecule has 34 nitrogen and oxygen atoms in total. The van der Waals surface area contributed by atoms with E-state index in [1.807, 2.05) is 0 Å². The molecule has 1 aromatic rings. The van der Waals surface area contributed by atoms with Crippen molar-refractivity contribution in [3.05, 3.63) is 24.0 Å². The van der Waals surface area contributed by atoms with Gasteiger partial charge < -0.3 is 98.9 Å². The van der Waals surface area contributed by atoms with Gasteiger partial charge in [0, 0.05) is 50.8 Å². The molecule has 15 atom stereocenters. The lowest BCUT2D eigenvalue weighted by atomic mass is 9.32. The summed E-state index contributed by atoms with van der Waals surface area (Å²) < 4.78 is 7.67. The summed E-state index contributed by atoms with van der Waals surface area (Å²) in [4.78, 5) is 130. The molecule has 5 aliphatic rings. The van der Waals surface area contributed by atoms with Gasteiger partial charge in [0.15, 0.2) is 29.8 Å². The second kappa shape index (κ2) is 35.5. The number of aliphatic imine (C=N–C) groups is 5. The van der Waals surface area contributed by atoms with Gasteiger partial charge in [-0.3, -0.25) is 58.5 Å². The molecule has 1 heterocycles. The number of allylic oxidation sites excluding steroid dienone is 1. The van der Waals surface area contributed by atoms with Crippen LogP contribution in [-0.2, 0) is 56.1 Å². The summed E-state index contributed by atoms with van der Waals surface area (Å²) in [6.07, 6.45) is 10.6. The minimum Gasteiger partial charge on any atom is -0.481 e. The smallest absolute Gasteiger partial charge is 0.326 e. The number of ether oxygens (including phenoxy) is 1. The molecule has 5 fully saturated rings. The first kappa shape index (κ1) is 81.0. The summed E-state index contributed by atoms with van der Waals surface area (Å²) in [6, 6.07) is -6.96. The number of guanidine groups is 5. The second-order valence-corrected chi connectivity index (χ2v) is 29.8. The van der Waals surface area contributed by atoms with Gasteiger partial charge in [0.2, 0.25) is 29.5 Å². The SMILES string of the molecule is C=C(C)[C@@H]1CC[C@]2(C(=O)O)CC[C@]3(C)[C@H](CC[C@@H]4[C@@]5(C)CC[C@H](OC(=O)CCc6cn(CC(=O)N[C@@H](CCCN=C(N)N)C(=O)N[C@@H](CCCN=C(N)N)C(=O)N[C@@H](CCCN=C(N)N)C(=O)N[C@@H](CCCN=C(N)N)C(=O)N[C@@H](CCCN=C(N)N)C(=O)O)nn6)C(C)(C)[C@@H]5CC[C@]43C)[C@@H]12. The van der Waals surface area contributed by atoms with Crippen LogP contribution in [0, 0.1) is 56.7 Å². The number of aryl methyl sites for hydroxylation is 1. The summed E-state index contributed by atoms with van der Waals surface area (Å²) in [5, 5.41) is 42.4. The maximum atomic E-state index is 14.6. The summed E-state index contributed by atoms with van der Waals surface area (Å²) >= 11 is 0. The number of carbonyl (C=O) groups excluding carboxylic acids is 6. The van der Waals surface area contributed by atoms with Crippen molar-refractivity contribution in [3.63, 3.8) is 0 Å². The first-order chi connectivity index (χ1) is 47.5. The van der Waals surface area contributed by atoms with Crippen LogP contribution in [0.25, 0.3) is 0 Å². The average molecular weight is 1420 g/mol. The molecule has 5 aliphatic carbocycles. The third kappa shape index (κ3) is 20.6. The fourth-order valence-electron chi connectivity index (χ4n) is 18.0. The molecule has 101 heavy (non-hydrogen) atoms. The summed E-state index contributed by atoms with van der Waals surface area (Å²) in [7, 11) is 0. The molecule has 5 amide bonds. The first-order valence-electron chi connectivity index (χ1n) is 35.5. The standard InChI is InChI=1S/C67H115N23O11/c1-37(2)39-22-27-67(57(99)100)29-28-65(6)40(51(39)67)19-20-47-64(5)25-24-48(63(3,4)46(64)23-26-66(47,65)7)101-50(92)21-18-38-35-90(89-88-38)36-49(91)83-41(13-8-30-78-58(68)69)52(93)84-42(14-9-31-79-59(70)71)53(94)85-43(15-10-32-80-60(72)73)54(95)86-44(16-11-33-81-61(74)75)55(96)87-45(56(97)98)17-12-34-82-62(76)77/h35,39-48,51H,1,8-34,36H2,2-7H3,(H,83,91)(H,84,93)(H,85,94)(H,86,95)(H,87,96)(H,97,98)(H,99,100)(H4,68,69,78)(H4,70,71,79)(H4,72,73,80)(H4,74,75,81)(H4,76,77,82)/t39-,40+,41-,42-,43-,44-,45-,46-,47+,48-,51+,64-,65+,66+,67-/m0/s1. The quantitative estimate of drug-likeness (QED) is 0.0132. The minimum absolute atomic E-state index is 0.00499. The number of esters is 1. The average Bonchev–Trinajstić information content (AvgIpc) is 1.63. The number of hydrogen-bond acceptors (Lipinski definition) is 16. The van der Waals surface area contributed by atoms with Crippen LogP contribution in [0.4, 0.5) is 0 Å². The molecule has 0 radical (unpaired) electrons. The largest absolute Gasteiger partial charge is 0.481 e. The van der Waals surface area contributed by atoms with Crippen molar-refractivity contribution in [2.75, 3.05) is 32.7 Å². The third-order valence-corrected chi connectivity index (χ3v) is 23.1. The minimum atomic E-state index is -1.43. The first-order valence-corrected chi connectivity index (χ1v) is 35.5.